The fraction of sp³-hybridized carbons (Fsp3) is 0.136. The van der Waals surface area contributed by atoms with E-state index in [9.17, 15) is 0 Å². The van der Waals surface area contributed by atoms with Gasteiger partial charge in [0.05, 0.1) is 0 Å². The van der Waals surface area contributed by atoms with E-state index in [0.717, 1.165) is 19.6 Å². The molecule has 0 saturated heterocycles. The lowest BCUT2D eigenvalue weighted by molar-refractivity contribution is 0.137. The van der Waals surface area contributed by atoms with Crippen LogP contribution in [0.4, 0.5) is 4.79 Å². The SMILES string of the molecule is O=C(O)O.c1ccc(CN(Cc2ccccc2)Cc2ccccc2)cc1. The van der Waals surface area contributed by atoms with E-state index in [-0.39, 0.29) is 0 Å². The maximum absolute atomic E-state index is 8.56. The first-order valence-corrected chi connectivity index (χ1v) is 8.39. The highest BCUT2D eigenvalue weighted by molar-refractivity contribution is 5.53. The van der Waals surface area contributed by atoms with Crippen molar-refractivity contribution in [1.29, 1.82) is 0 Å². The van der Waals surface area contributed by atoms with E-state index in [4.69, 9.17) is 15.0 Å². The zero-order valence-corrected chi connectivity index (χ0v) is 14.5. The van der Waals surface area contributed by atoms with Gasteiger partial charge in [0.1, 0.15) is 0 Å². The minimum absolute atomic E-state index is 0.963. The number of carbonyl (C=O) groups is 1. The Bertz CT molecular complexity index is 659. The monoisotopic (exact) mass is 349 g/mol. The Morgan fingerprint density at radius 1 is 0.577 bits per heavy atom. The zero-order valence-electron chi connectivity index (χ0n) is 14.5. The third kappa shape index (κ3) is 7.64. The van der Waals surface area contributed by atoms with Crippen molar-refractivity contribution in [2.75, 3.05) is 0 Å². The molecule has 0 aromatic heterocycles. The Morgan fingerprint density at radius 2 is 0.808 bits per heavy atom. The van der Waals surface area contributed by atoms with E-state index in [1.807, 2.05) is 0 Å². The third-order valence-electron chi connectivity index (χ3n) is 3.75. The third-order valence-corrected chi connectivity index (χ3v) is 3.75. The molecule has 3 rings (SSSR count). The van der Waals surface area contributed by atoms with Crippen molar-refractivity contribution >= 4 is 6.16 Å². The van der Waals surface area contributed by atoms with Gasteiger partial charge in [0.2, 0.25) is 0 Å². The Balaban J connectivity index is 0.000000552. The second kappa shape index (κ2) is 10.7. The van der Waals surface area contributed by atoms with Crippen LogP contribution in [0.2, 0.25) is 0 Å². The predicted octanol–water partition coefficient (Wildman–Crippen LogP) is 5.11. The number of carboxylic acid groups (broad SMARTS) is 2. The van der Waals surface area contributed by atoms with Crippen LogP contribution in [0.25, 0.3) is 0 Å². The molecule has 0 unspecified atom stereocenters. The molecule has 4 nitrogen and oxygen atoms in total. The first-order chi connectivity index (χ1) is 12.6. The van der Waals surface area contributed by atoms with Gasteiger partial charge in [0.25, 0.3) is 0 Å². The summed E-state index contributed by atoms with van der Waals surface area (Å²) >= 11 is 0. The molecule has 0 radical (unpaired) electrons. The number of nitrogens with zero attached hydrogens (tertiary/aromatic N) is 1. The molecular formula is C22H23NO3. The van der Waals surface area contributed by atoms with Gasteiger partial charge in [-0.1, -0.05) is 91.0 Å². The second-order valence-corrected chi connectivity index (χ2v) is 5.88. The first-order valence-electron chi connectivity index (χ1n) is 8.39. The van der Waals surface area contributed by atoms with Crippen LogP contribution >= 0.6 is 0 Å². The molecule has 0 bridgehead atoms. The lowest BCUT2D eigenvalue weighted by Crippen LogP contribution is -2.22. The van der Waals surface area contributed by atoms with Gasteiger partial charge in [-0.3, -0.25) is 4.90 Å². The van der Waals surface area contributed by atoms with E-state index >= 15 is 0 Å². The average Bonchev–Trinajstić information content (AvgIpc) is 2.64. The molecule has 0 heterocycles. The molecule has 26 heavy (non-hydrogen) atoms. The summed E-state index contributed by atoms with van der Waals surface area (Å²) in [5, 5.41) is 13.9. The summed E-state index contributed by atoms with van der Waals surface area (Å²) in [7, 11) is 0. The van der Waals surface area contributed by atoms with Gasteiger partial charge < -0.3 is 10.2 Å². The summed E-state index contributed by atoms with van der Waals surface area (Å²) in [6, 6.07) is 32.1. The van der Waals surface area contributed by atoms with Gasteiger partial charge in [-0.25, -0.2) is 4.79 Å². The predicted molar refractivity (Wildman–Crippen MR) is 103 cm³/mol. The van der Waals surface area contributed by atoms with Gasteiger partial charge in [0, 0.05) is 19.6 Å². The van der Waals surface area contributed by atoms with Crippen molar-refractivity contribution in [3.05, 3.63) is 108 Å². The Morgan fingerprint density at radius 3 is 1.04 bits per heavy atom. The van der Waals surface area contributed by atoms with Gasteiger partial charge in [-0.05, 0) is 16.7 Å². The van der Waals surface area contributed by atoms with Gasteiger partial charge >= 0.3 is 6.16 Å². The number of rotatable bonds is 6. The normalized spacial score (nSPS) is 10.0. The molecule has 0 aliphatic carbocycles. The fourth-order valence-electron chi connectivity index (χ4n) is 2.69. The van der Waals surface area contributed by atoms with E-state index in [0.29, 0.717) is 0 Å². The zero-order chi connectivity index (χ0) is 18.6. The van der Waals surface area contributed by atoms with Crippen molar-refractivity contribution in [3.63, 3.8) is 0 Å². The van der Waals surface area contributed by atoms with Crippen LogP contribution in [-0.2, 0) is 19.6 Å². The van der Waals surface area contributed by atoms with Crippen LogP contribution in [0.15, 0.2) is 91.0 Å². The molecule has 4 heteroatoms. The van der Waals surface area contributed by atoms with Crippen LogP contribution in [-0.4, -0.2) is 21.3 Å². The standard InChI is InChI=1S/C21H21N.CH2O3/c1-4-10-19(11-5-1)16-22(17-20-12-6-2-7-13-20)18-21-14-8-3-9-15-21;2-1(3)4/h1-15H,16-18H2;(H2,2,3,4). The molecular weight excluding hydrogens is 326 g/mol. The van der Waals surface area contributed by atoms with Crippen molar-refractivity contribution in [2.45, 2.75) is 19.6 Å². The van der Waals surface area contributed by atoms with Gasteiger partial charge in [-0.2, -0.15) is 0 Å². The quantitative estimate of drug-likeness (QED) is 0.649. The smallest absolute Gasteiger partial charge is 0.450 e. The summed E-state index contributed by atoms with van der Waals surface area (Å²) in [6.07, 6.45) is -1.83. The molecule has 0 aliphatic rings. The highest BCUT2D eigenvalue weighted by Gasteiger charge is 2.08. The van der Waals surface area contributed by atoms with Crippen LogP contribution < -0.4 is 0 Å². The Kier molecular flexibility index (Phi) is 7.90. The maximum atomic E-state index is 8.56. The molecule has 0 fully saturated rings. The molecule has 2 N–H and O–H groups in total. The summed E-state index contributed by atoms with van der Waals surface area (Å²) in [5.41, 5.74) is 4.07. The lowest BCUT2D eigenvalue weighted by Gasteiger charge is -2.23. The highest BCUT2D eigenvalue weighted by Crippen LogP contribution is 2.14. The van der Waals surface area contributed by atoms with Crippen LogP contribution in [0.5, 0.6) is 0 Å². The van der Waals surface area contributed by atoms with Crippen molar-refractivity contribution in [2.24, 2.45) is 0 Å². The summed E-state index contributed by atoms with van der Waals surface area (Å²) in [5.74, 6) is 0. The molecule has 3 aromatic rings. The molecule has 0 spiro atoms. The Hall–Kier alpha value is -3.11. The Labute approximate surface area is 154 Å². The highest BCUT2D eigenvalue weighted by atomic mass is 16.6. The molecule has 0 aliphatic heterocycles. The molecule has 0 atom stereocenters. The lowest BCUT2D eigenvalue weighted by atomic mass is 10.1. The number of hydrogen-bond acceptors (Lipinski definition) is 2. The van der Waals surface area contributed by atoms with Gasteiger partial charge in [-0.15, -0.1) is 0 Å². The molecule has 0 amide bonds. The number of hydrogen-bond donors (Lipinski definition) is 2. The van der Waals surface area contributed by atoms with Crippen LogP contribution in [0.3, 0.4) is 0 Å². The van der Waals surface area contributed by atoms with E-state index in [1.165, 1.54) is 16.7 Å². The minimum atomic E-state index is -1.83. The molecule has 134 valence electrons. The van der Waals surface area contributed by atoms with Crippen molar-refractivity contribution < 1.29 is 15.0 Å². The van der Waals surface area contributed by atoms with E-state index < -0.39 is 6.16 Å². The van der Waals surface area contributed by atoms with Crippen LogP contribution in [0, 0.1) is 0 Å². The van der Waals surface area contributed by atoms with Crippen LogP contribution in [0.1, 0.15) is 16.7 Å². The first kappa shape index (κ1) is 19.2. The number of benzene rings is 3. The second-order valence-electron chi connectivity index (χ2n) is 5.88. The average molecular weight is 349 g/mol. The topological polar surface area (TPSA) is 60.8 Å². The van der Waals surface area contributed by atoms with Crippen molar-refractivity contribution in [1.82, 2.24) is 4.90 Å². The maximum Gasteiger partial charge on any atom is 0.503 e. The van der Waals surface area contributed by atoms with E-state index in [2.05, 4.69) is 95.9 Å². The van der Waals surface area contributed by atoms with E-state index in [1.54, 1.807) is 0 Å². The molecule has 0 saturated carbocycles. The molecule has 3 aromatic carbocycles. The van der Waals surface area contributed by atoms with Crippen molar-refractivity contribution in [3.8, 4) is 0 Å². The summed E-state index contributed by atoms with van der Waals surface area (Å²) in [6.45, 7) is 2.89. The fourth-order valence-corrected chi connectivity index (χ4v) is 2.69. The largest absolute Gasteiger partial charge is 0.503 e. The van der Waals surface area contributed by atoms with Gasteiger partial charge in [0.15, 0.2) is 0 Å². The minimum Gasteiger partial charge on any atom is -0.450 e. The summed E-state index contributed by atoms with van der Waals surface area (Å²) < 4.78 is 0. The summed E-state index contributed by atoms with van der Waals surface area (Å²) in [4.78, 5) is 11.0.